The van der Waals surface area contributed by atoms with Gasteiger partial charge in [-0.1, -0.05) is 31.0 Å². The van der Waals surface area contributed by atoms with Gasteiger partial charge in [-0.25, -0.2) is 4.79 Å². The van der Waals surface area contributed by atoms with Crippen molar-refractivity contribution in [2.24, 2.45) is 5.92 Å². The number of aliphatic hydroxyl groups excluding tert-OH is 1. The first-order valence-corrected chi connectivity index (χ1v) is 11.8. The molecule has 1 aliphatic carbocycles. The minimum Gasteiger partial charge on any atom is -0.497 e. The van der Waals surface area contributed by atoms with Gasteiger partial charge in [0.2, 0.25) is 0 Å². The average Bonchev–Trinajstić information content (AvgIpc) is 3.49. The molecule has 2 N–H and O–H groups in total. The number of likely N-dealkylation sites (N-methyl/N-ethyl adjacent to an activating group) is 1. The fourth-order valence-corrected chi connectivity index (χ4v) is 5.99. The topological polar surface area (TPSA) is 65.0 Å². The molecule has 0 unspecified atom stereocenters. The van der Waals surface area contributed by atoms with Crippen LogP contribution in [0.15, 0.2) is 42.5 Å². The van der Waals surface area contributed by atoms with E-state index in [0.29, 0.717) is 6.04 Å². The largest absolute Gasteiger partial charge is 0.497 e. The summed E-state index contributed by atoms with van der Waals surface area (Å²) in [6, 6.07) is 14.9. The van der Waals surface area contributed by atoms with Crippen molar-refractivity contribution in [3.63, 3.8) is 0 Å². The molecule has 2 amide bonds. The molecule has 0 spiro atoms. The number of methoxy groups -OCH3 is 1. The van der Waals surface area contributed by atoms with Crippen LogP contribution in [0.25, 0.3) is 11.1 Å². The van der Waals surface area contributed by atoms with Gasteiger partial charge in [0, 0.05) is 31.2 Å². The fraction of sp³-hybridized carbons (Fsp3) is 0.500. The summed E-state index contributed by atoms with van der Waals surface area (Å²) >= 11 is 0. The highest BCUT2D eigenvalue weighted by Crippen LogP contribution is 2.49. The van der Waals surface area contributed by atoms with Crippen LogP contribution in [0.3, 0.4) is 0 Å². The number of hydrogen-bond acceptors (Lipinski definition) is 4. The first-order chi connectivity index (χ1) is 15.6. The van der Waals surface area contributed by atoms with Crippen molar-refractivity contribution in [1.82, 2.24) is 10.2 Å². The Kier molecular flexibility index (Phi) is 5.72. The Morgan fingerprint density at radius 3 is 2.66 bits per heavy atom. The highest BCUT2D eigenvalue weighted by atomic mass is 16.5. The van der Waals surface area contributed by atoms with E-state index in [0.717, 1.165) is 48.4 Å². The minimum atomic E-state index is -0.0229. The number of fused-ring (bicyclic) bond motifs is 3. The van der Waals surface area contributed by atoms with E-state index in [2.05, 4.69) is 41.5 Å². The van der Waals surface area contributed by atoms with Gasteiger partial charge in [-0.2, -0.15) is 0 Å². The Bertz CT molecular complexity index is 988. The van der Waals surface area contributed by atoms with Crippen LogP contribution in [-0.2, 0) is 0 Å². The molecule has 170 valence electrons. The Hall–Kier alpha value is -2.73. The normalized spacial score (nSPS) is 24.9. The summed E-state index contributed by atoms with van der Waals surface area (Å²) in [6.07, 6.45) is 5.45. The molecule has 32 heavy (non-hydrogen) atoms. The molecule has 2 aromatic carbocycles. The van der Waals surface area contributed by atoms with Gasteiger partial charge in [0.1, 0.15) is 5.75 Å². The first kappa shape index (κ1) is 21.1. The van der Waals surface area contributed by atoms with E-state index in [1.807, 2.05) is 23.1 Å². The predicted molar refractivity (Wildman–Crippen MR) is 126 cm³/mol. The summed E-state index contributed by atoms with van der Waals surface area (Å²) in [4.78, 5) is 17.5. The number of carbonyl (C=O) groups is 1. The third-order valence-electron chi connectivity index (χ3n) is 7.70. The molecule has 3 aliphatic rings. The van der Waals surface area contributed by atoms with Crippen LogP contribution in [0.5, 0.6) is 5.75 Å². The number of aliphatic hydroxyl groups is 1. The summed E-state index contributed by atoms with van der Waals surface area (Å²) < 4.78 is 5.42. The molecule has 0 aromatic heterocycles. The van der Waals surface area contributed by atoms with Gasteiger partial charge in [0.05, 0.1) is 25.8 Å². The van der Waals surface area contributed by atoms with E-state index < -0.39 is 0 Å². The number of benzene rings is 2. The van der Waals surface area contributed by atoms with Crippen LogP contribution in [0.2, 0.25) is 0 Å². The van der Waals surface area contributed by atoms with Gasteiger partial charge in [-0.05, 0) is 60.2 Å². The molecule has 2 aromatic rings. The maximum atomic E-state index is 13.3. The van der Waals surface area contributed by atoms with Crippen LogP contribution in [-0.4, -0.2) is 55.4 Å². The highest BCUT2D eigenvalue weighted by Gasteiger charge is 2.48. The Morgan fingerprint density at radius 2 is 1.91 bits per heavy atom. The summed E-state index contributed by atoms with van der Waals surface area (Å²) in [6.45, 7) is 0.813. The number of anilines is 1. The molecule has 6 heteroatoms. The molecule has 3 atom stereocenters. The highest BCUT2D eigenvalue weighted by molar-refractivity contribution is 5.78. The SMILES string of the molecule is COc1cccc(-c2ccc3c(c2)[C@@H]2[C@@H](CCN2C(=O)NC2CCCC2)[C@@H](CO)N3C)c1. The Labute approximate surface area is 190 Å². The molecule has 0 radical (unpaired) electrons. The number of likely N-dealkylation sites (tertiary alicyclic amines) is 1. The zero-order valence-corrected chi connectivity index (χ0v) is 19.0. The van der Waals surface area contributed by atoms with Gasteiger partial charge in [0.15, 0.2) is 0 Å². The van der Waals surface area contributed by atoms with Crippen LogP contribution < -0.4 is 15.0 Å². The summed E-state index contributed by atoms with van der Waals surface area (Å²) in [5, 5.41) is 13.5. The van der Waals surface area contributed by atoms with Gasteiger partial charge >= 0.3 is 6.03 Å². The van der Waals surface area contributed by atoms with Gasteiger partial charge < -0.3 is 25.0 Å². The number of urea groups is 1. The summed E-state index contributed by atoms with van der Waals surface area (Å²) in [5.74, 6) is 1.04. The zero-order chi connectivity index (χ0) is 22.2. The first-order valence-electron chi connectivity index (χ1n) is 11.8. The second-order valence-corrected chi connectivity index (χ2v) is 9.39. The summed E-state index contributed by atoms with van der Waals surface area (Å²) in [7, 11) is 3.74. The third-order valence-corrected chi connectivity index (χ3v) is 7.70. The molecule has 0 bridgehead atoms. The number of amides is 2. The quantitative estimate of drug-likeness (QED) is 0.756. The van der Waals surface area contributed by atoms with Gasteiger partial charge in [0.25, 0.3) is 0 Å². The molecule has 1 saturated heterocycles. The van der Waals surface area contributed by atoms with Crippen molar-refractivity contribution >= 4 is 11.7 Å². The number of carbonyl (C=O) groups excluding carboxylic acids is 1. The molecule has 2 heterocycles. The average molecular weight is 436 g/mol. The van der Waals surface area contributed by atoms with E-state index in [9.17, 15) is 9.90 Å². The number of ether oxygens (including phenoxy) is 1. The number of rotatable bonds is 4. The van der Waals surface area contributed by atoms with Gasteiger partial charge in [-0.15, -0.1) is 0 Å². The van der Waals surface area contributed by atoms with Crippen molar-refractivity contribution in [1.29, 1.82) is 0 Å². The molecular weight excluding hydrogens is 402 g/mol. The van der Waals surface area contributed by atoms with E-state index >= 15 is 0 Å². The van der Waals surface area contributed by atoms with E-state index in [4.69, 9.17) is 4.74 Å². The molecule has 1 saturated carbocycles. The van der Waals surface area contributed by atoms with Crippen LogP contribution >= 0.6 is 0 Å². The zero-order valence-electron chi connectivity index (χ0n) is 19.0. The van der Waals surface area contributed by atoms with Gasteiger partial charge in [-0.3, -0.25) is 0 Å². The maximum absolute atomic E-state index is 13.3. The Balaban J connectivity index is 1.52. The molecule has 5 rings (SSSR count). The maximum Gasteiger partial charge on any atom is 0.318 e. The van der Waals surface area contributed by atoms with E-state index in [1.54, 1.807) is 7.11 Å². The van der Waals surface area contributed by atoms with Crippen LogP contribution in [0.4, 0.5) is 10.5 Å². The van der Waals surface area contributed by atoms with Crippen molar-refractivity contribution in [2.45, 2.75) is 50.2 Å². The monoisotopic (exact) mass is 435 g/mol. The van der Waals surface area contributed by atoms with Crippen molar-refractivity contribution < 1.29 is 14.6 Å². The van der Waals surface area contributed by atoms with Crippen LogP contribution in [0, 0.1) is 5.92 Å². The number of hydrogen-bond donors (Lipinski definition) is 2. The third kappa shape index (κ3) is 3.60. The molecule has 2 fully saturated rings. The lowest BCUT2D eigenvalue weighted by Gasteiger charge is -2.44. The number of nitrogens with one attached hydrogen (secondary N) is 1. The second-order valence-electron chi connectivity index (χ2n) is 9.39. The predicted octanol–water partition coefficient (Wildman–Crippen LogP) is 4.19. The van der Waals surface area contributed by atoms with E-state index in [-0.39, 0.29) is 30.6 Å². The lowest BCUT2D eigenvalue weighted by Crippen LogP contribution is -2.50. The summed E-state index contributed by atoms with van der Waals surface area (Å²) in [5.41, 5.74) is 4.47. The number of nitrogens with zero attached hydrogens (tertiary/aromatic N) is 2. The van der Waals surface area contributed by atoms with Crippen molar-refractivity contribution in [3.8, 4) is 16.9 Å². The molecule has 2 aliphatic heterocycles. The lowest BCUT2D eigenvalue weighted by molar-refractivity contribution is 0.158. The smallest absolute Gasteiger partial charge is 0.318 e. The Morgan fingerprint density at radius 1 is 1.12 bits per heavy atom. The molecular formula is C26H33N3O3. The van der Waals surface area contributed by atoms with Crippen molar-refractivity contribution in [3.05, 3.63) is 48.0 Å². The molecule has 6 nitrogen and oxygen atoms in total. The standard InChI is InChI=1S/C26H33N3O3/c1-28-23-11-10-18(17-6-5-9-20(14-17)32-2)15-22(23)25-21(24(28)16-30)12-13-29(25)26(31)27-19-7-3-4-8-19/h5-6,9-11,14-15,19,21,24-25,30H,3-4,7-8,12-13,16H2,1-2H3,(H,27,31)/t21-,24+,25-/m0/s1. The fourth-order valence-electron chi connectivity index (χ4n) is 5.99. The van der Waals surface area contributed by atoms with Crippen LogP contribution in [0.1, 0.15) is 43.7 Å². The van der Waals surface area contributed by atoms with E-state index in [1.165, 1.54) is 18.4 Å². The minimum absolute atomic E-state index is 0.0134. The van der Waals surface area contributed by atoms with Crippen molar-refractivity contribution in [2.75, 3.05) is 32.2 Å². The second kappa shape index (κ2) is 8.66. The lowest BCUT2D eigenvalue weighted by atomic mass is 9.81.